The molecule has 2 N–H and O–H groups in total. The molecule has 1 aliphatic carbocycles. The minimum absolute atomic E-state index is 0.0466. The summed E-state index contributed by atoms with van der Waals surface area (Å²) in [4.78, 5) is 18.0. The zero-order valence-corrected chi connectivity index (χ0v) is 15.3. The molecule has 2 aliphatic rings. The molecule has 1 aromatic carbocycles. The van der Waals surface area contributed by atoms with Crippen molar-refractivity contribution in [3.63, 3.8) is 0 Å². The Morgan fingerprint density at radius 1 is 1.28 bits per heavy atom. The summed E-state index contributed by atoms with van der Waals surface area (Å²) < 4.78 is 1.99. The third-order valence-electron chi connectivity index (χ3n) is 5.29. The smallest absolute Gasteiger partial charge is 0.241 e. The van der Waals surface area contributed by atoms with E-state index in [0.717, 1.165) is 22.2 Å². The fourth-order valence-corrected chi connectivity index (χ4v) is 4.71. The molecular formula is C19H24N4OS. The molecule has 2 fully saturated rings. The third-order valence-corrected chi connectivity index (χ3v) is 6.37. The molecule has 3 atom stereocenters. The second-order valence-corrected chi connectivity index (χ2v) is 8.08. The second-order valence-electron chi connectivity index (χ2n) is 7.04. The highest BCUT2D eigenvalue weighted by molar-refractivity contribution is 7.99. The van der Waals surface area contributed by atoms with Crippen LogP contribution < -0.4 is 10.6 Å². The molecule has 132 valence electrons. The van der Waals surface area contributed by atoms with Gasteiger partial charge in [-0.1, -0.05) is 24.6 Å². The highest BCUT2D eigenvalue weighted by Gasteiger charge is 2.38. The van der Waals surface area contributed by atoms with E-state index in [2.05, 4.69) is 15.6 Å². The minimum atomic E-state index is -0.0466. The summed E-state index contributed by atoms with van der Waals surface area (Å²) in [6.45, 7) is 0. The number of nitrogens with one attached hydrogen (secondary N) is 2. The third kappa shape index (κ3) is 3.75. The predicted molar refractivity (Wildman–Crippen MR) is 99.7 cm³/mol. The lowest BCUT2D eigenvalue weighted by Gasteiger charge is -2.24. The first-order chi connectivity index (χ1) is 12.2. The van der Waals surface area contributed by atoms with Crippen LogP contribution in [0, 0.1) is 5.92 Å². The van der Waals surface area contributed by atoms with Crippen LogP contribution in [0.1, 0.15) is 32.1 Å². The van der Waals surface area contributed by atoms with E-state index in [4.69, 9.17) is 0 Å². The van der Waals surface area contributed by atoms with Crippen LogP contribution >= 0.6 is 11.8 Å². The van der Waals surface area contributed by atoms with E-state index >= 15 is 0 Å². The van der Waals surface area contributed by atoms with Crippen molar-refractivity contribution in [2.75, 3.05) is 5.32 Å². The van der Waals surface area contributed by atoms with Gasteiger partial charge >= 0.3 is 0 Å². The van der Waals surface area contributed by atoms with Crippen molar-refractivity contribution in [2.24, 2.45) is 13.0 Å². The van der Waals surface area contributed by atoms with E-state index < -0.39 is 0 Å². The lowest BCUT2D eigenvalue weighted by molar-refractivity contribution is -0.117. The van der Waals surface area contributed by atoms with Crippen LogP contribution in [-0.2, 0) is 11.8 Å². The normalized spacial score (nSPS) is 25.6. The first-order valence-electron chi connectivity index (χ1n) is 9.01. The molecule has 1 aromatic heterocycles. The van der Waals surface area contributed by atoms with E-state index in [1.165, 1.54) is 25.7 Å². The average molecular weight is 356 g/mol. The molecule has 0 radical (unpaired) electrons. The summed E-state index contributed by atoms with van der Waals surface area (Å²) in [5, 5.41) is 7.55. The lowest BCUT2D eigenvalue weighted by atomic mass is 9.85. The van der Waals surface area contributed by atoms with Crippen LogP contribution in [0.4, 0.5) is 5.69 Å². The van der Waals surface area contributed by atoms with Gasteiger partial charge in [0.05, 0.1) is 6.04 Å². The maximum Gasteiger partial charge on any atom is 0.241 e. The van der Waals surface area contributed by atoms with Crippen molar-refractivity contribution in [1.29, 1.82) is 0 Å². The number of fused-ring (bicyclic) bond motifs is 1. The van der Waals surface area contributed by atoms with Crippen LogP contribution in [0.25, 0.3) is 0 Å². The van der Waals surface area contributed by atoms with Gasteiger partial charge in [-0.3, -0.25) is 4.79 Å². The topological polar surface area (TPSA) is 59.0 Å². The fraction of sp³-hybridized carbons (Fsp3) is 0.474. The Hall–Kier alpha value is -1.79. The Kier molecular flexibility index (Phi) is 4.81. The Morgan fingerprint density at radius 3 is 2.80 bits per heavy atom. The molecule has 6 heteroatoms. The van der Waals surface area contributed by atoms with E-state index in [0.29, 0.717) is 12.0 Å². The van der Waals surface area contributed by atoms with Crippen LogP contribution in [0.5, 0.6) is 0 Å². The largest absolute Gasteiger partial charge is 0.329 e. The number of anilines is 1. The number of aromatic nitrogens is 2. The van der Waals surface area contributed by atoms with Gasteiger partial charge in [0.25, 0.3) is 0 Å². The number of imidazole rings is 1. The molecule has 0 spiro atoms. The number of rotatable bonds is 4. The molecule has 1 saturated heterocycles. The Bertz CT molecular complexity index is 728. The fourth-order valence-electron chi connectivity index (χ4n) is 3.91. The summed E-state index contributed by atoms with van der Waals surface area (Å²) in [5.74, 6) is 0.778. The maximum absolute atomic E-state index is 12.6. The molecule has 3 unspecified atom stereocenters. The highest BCUT2D eigenvalue weighted by Crippen LogP contribution is 2.33. The van der Waals surface area contributed by atoms with Crippen LogP contribution in [0.15, 0.2) is 46.7 Å². The van der Waals surface area contributed by atoms with Gasteiger partial charge in [-0.15, -0.1) is 0 Å². The Balaban J connectivity index is 1.35. The molecule has 2 aromatic rings. The SMILES string of the molecule is Cn1ccnc1Sc1ccc(NC(=O)C2CC3CCCCC3N2)cc1. The van der Waals surface area contributed by atoms with Crippen molar-refractivity contribution < 1.29 is 4.79 Å². The molecule has 4 rings (SSSR count). The summed E-state index contributed by atoms with van der Waals surface area (Å²) >= 11 is 1.61. The van der Waals surface area contributed by atoms with Crippen molar-refractivity contribution >= 4 is 23.4 Å². The number of nitrogens with zero attached hydrogens (tertiary/aromatic N) is 2. The standard InChI is InChI=1S/C19H24N4OS/c1-23-11-10-20-19(23)25-15-8-6-14(7-9-15)21-18(24)17-12-13-4-2-3-5-16(13)22-17/h6-11,13,16-17,22H,2-5,12H2,1H3,(H,21,24). The van der Waals surface area contributed by atoms with Gasteiger partial charge in [-0.25, -0.2) is 4.98 Å². The monoisotopic (exact) mass is 356 g/mol. The van der Waals surface area contributed by atoms with Crippen molar-refractivity contribution in [3.05, 3.63) is 36.7 Å². The summed E-state index contributed by atoms with van der Waals surface area (Å²) in [6.07, 6.45) is 9.79. The van der Waals surface area contributed by atoms with Crippen LogP contribution in [0.2, 0.25) is 0 Å². The van der Waals surface area contributed by atoms with E-state index in [1.807, 2.05) is 42.1 Å². The molecule has 5 nitrogen and oxygen atoms in total. The summed E-state index contributed by atoms with van der Waals surface area (Å²) in [7, 11) is 1.98. The number of hydrogen-bond donors (Lipinski definition) is 2. The van der Waals surface area contributed by atoms with Gasteiger partial charge in [-0.05, 0) is 49.4 Å². The number of carbonyl (C=O) groups excluding carboxylic acids is 1. The molecule has 1 amide bonds. The quantitative estimate of drug-likeness (QED) is 0.881. The second kappa shape index (κ2) is 7.22. The maximum atomic E-state index is 12.6. The van der Waals surface area contributed by atoms with Crippen LogP contribution in [0.3, 0.4) is 0 Å². The van der Waals surface area contributed by atoms with Crippen LogP contribution in [-0.4, -0.2) is 27.5 Å². The van der Waals surface area contributed by atoms with Gasteiger partial charge in [0.1, 0.15) is 0 Å². The molecule has 2 heterocycles. The molecular weight excluding hydrogens is 332 g/mol. The summed E-state index contributed by atoms with van der Waals surface area (Å²) in [5.41, 5.74) is 0.853. The molecule has 1 aliphatic heterocycles. The zero-order chi connectivity index (χ0) is 17.2. The zero-order valence-electron chi connectivity index (χ0n) is 14.4. The highest BCUT2D eigenvalue weighted by atomic mass is 32.2. The molecule has 1 saturated carbocycles. The summed E-state index contributed by atoms with van der Waals surface area (Å²) in [6, 6.07) is 8.47. The van der Waals surface area contributed by atoms with Gasteiger partial charge in [0.2, 0.25) is 5.91 Å². The van der Waals surface area contributed by atoms with Gasteiger partial charge < -0.3 is 15.2 Å². The van der Waals surface area contributed by atoms with Crippen molar-refractivity contribution in [3.8, 4) is 0 Å². The Morgan fingerprint density at radius 2 is 2.08 bits per heavy atom. The van der Waals surface area contributed by atoms with E-state index in [-0.39, 0.29) is 11.9 Å². The Labute approximate surface area is 152 Å². The molecule has 0 bridgehead atoms. The number of carbonyl (C=O) groups is 1. The predicted octanol–water partition coefficient (Wildman–Crippen LogP) is 3.43. The van der Waals surface area contributed by atoms with E-state index in [1.54, 1.807) is 18.0 Å². The van der Waals surface area contributed by atoms with E-state index in [9.17, 15) is 4.79 Å². The first-order valence-corrected chi connectivity index (χ1v) is 9.83. The number of hydrogen-bond acceptors (Lipinski definition) is 4. The van der Waals surface area contributed by atoms with Gasteiger partial charge in [0.15, 0.2) is 5.16 Å². The van der Waals surface area contributed by atoms with Crippen molar-refractivity contribution in [2.45, 2.75) is 54.2 Å². The lowest BCUT2D eigenvalue weighted by Crippen LogP contribution is -2.39. The number of aryl methyl sites for hydroxylation is 1. The first kappa shape index (κ1) is 16.7. The van der Waals surface area contributed by atoms with Gasteiger partial charge in [0, 0.05) is 36.1 Å². The number of benzene rings is 1. The van der Waals surface area contributed by atoms with Gasteiger partial charge in [-0.2, -0.15) is 0 Å². The average Bonchev–Trinajstić information content (AvgIpc) is 3.23. The minimum Gasteiger partial charge on any atom is -0.329 e. The molecule has 25 heavy (non-hydrogen) atoms. The van der Waals surface area contributed by atoms with Crippen molar-refractivity contribution in [1.82, 2.24) is 14.9 Å². The number of amides is 1.